The van der Waals surface area contributed by atoms with Gasteiger partial charge in [-0.1, -0.05) is 6.07 Å². The monoisotopic (exact) mass is 761 g/mol. The molecule has 288 valence electrons. The second-order valence-corrected chi connectivity index (χ2v) is 14.0. The van der Waals surface area contributed by atoms with Crippen LogP contribution < -0.4 is 16.2 Å². The summed E-state index contributed by atoms with van der Waals surface area (Å²) >= 11 is 0. The van der Waals surface area contributed by atoms with E-state index >= 15 is 0 Å². The zero-order valence-corrected chi connectivity index (χ0v) is 30.1. The first-order valence-corrected chi connectivity index (χ1v) is 17.9. The van der Waals surface area contributed by atoms with Crippen molar-refractivity contribution >= 4 is 46.3 Å². The molecule has 0 saturated carbocycles. The Kier molecular flexibility index (Phi) is 10.1. The van der Waals surface area contributed by atoms with E-state index in [9.17, 15) is 41.9 Å². The zero-order valence-electron chi connectivity index (χ0n) is 30.1. The summed E-state index contributed by atoms with van der Waals surface area (Å²) in [6.45, 7) is 2.09. The van der Waals surface area contributed by atoms with E-state index < -0.39 is 42.6 Å². The topological polar surface area (TPSA) is 165 Å². The number of rotatable bonds is 10. The highest BCUT2D eigenvalue weighted by molar-refractivity contribution is 6.23. The maximum Gasteiger partial charge on any atom is 0.522 e. The van der Waals surface area contributed by atoms with E-state index in [2.05, 4.69) is 15.4 Å². The summed E-state index contributed by atoms with van der Waals surface area (Å²) in [5.41, 5.74) is 4.02. The number of imidazole rings is 1. The van der Waals surface area contributed by atoms with E-state index in [0.29, 0.717) is 54.0 Å². The number of aromatic nitrogens is 3. The predicted molar refractivity (Wildman–Crippen MR) is 192 cm³/mol. The summed E-state index contributed by atoms with van der Waals surface area (Å²) in [7, 11) is 1.66. The number of alkyl halides is 3. The number of halogens is 3. The number of benzene rings is 2. The van der Waals surface area contributed by atoms with Crippen LogP contribution in [0.25, 0.3) is 22.2 Å². The molecule has 2 saturated heterocycles. The Balaban J connectivity index is 0.989. The summed E-state index contributed by atoms with van der Waals surface area (Å²) < 4.78 is 46.3. The summed E-state index contributed by atoms with van der Waals surface area (Å²) in [4.78, 5) is 83.0. The van der Waals surface area contributed by atoms with Crippen LogP contribution in [0.15, 0.2) is 53.5 Å². The number of piperidine rings is 2. The molecule has 7 rings (SSSR count). The van der Waals surface area contributed by atoms with Crippen LogP contribution in [0.2, 0.25) is 0 Å². The number of amides is 5. The Morgan fingerprint density at radius 1 is 0.964 bits per heavy atom. The minimum atomic E-state index is -4.79. The largest absolute Gasteiger partial charge is 0.522 e. The average molecular weight is 762 g/mol. The van der Waals surface area contributed by atoms with Crippen molar-refractivity contribution in [1.29, 1.82) is 0 Å². The normalized spacial score (nSPS) is 17.9. The molecule has 3 aliphatic rings. The number of anilines is 1. The first-order valence-electron chi connectivity index (χ1n) is 17.9. The van der Waals surface area contributed by atoms with Crippen LogP contribution in [0.3, 0.4) is 0 Å². The molecular formula is C38H38F3N7O7. The zero-order chi connectivity index (χ0) is 39.2. The number of carbonyl (C=O) groups excluding carboxylic acids is 5. The number of hydrogen-bond acceptors (Lipinski definition) is 9. The van der Waals surface area contributed by atoms with Gasteiger partial charge in [-0.05, 0) is 73.7 Å². The van der Waals surface area contributed by atoms with Gasteiger partial charge in [0.15, 0.2) is 0 Å². The molecule has 0 bridgehead atoms. The molecule has 0 radical (unpaired) electrons. The molecule has 0 aliphatic carbocycles. The Morgan fingerprint density at radius 2 is 1.71 bits per heavy atom. The lowest BCUT2D eigenvalue weighted by molar-refractivity contribution is -0.325. The lowest BCUT2D eigenvalue weighted by Crippen LogP contribution is -2.54. The Morgan fingerprint density at radius 3 is 2.42 bits per heavy atom. The van der Waals surface area contributed by atoms with Gasteiger partial charge in [0.2, 0.25) is 17.7 Å². The van der Waals surface area contributed by atoms with Crippen molar-refractivity contribution in [3.8, 4) is 11.1 Å². The first kappa shape index (κ1) is 37.5. The molecular weight excluding hydrogens is 723 g/mol. The van der Waals surface area contributed by atoms with Gasteiger partial charge in [0.25, 0.3) is 17.4 Å². The molecule has 2 fully saturated rings. The van der Waals surface area contributed by atoms with E-state index in [1.54, 1.807) is 41.8 Å². The fourth-order valence-electron chi connectivity index (χ4n) is 7.60. The summed E-state index contributed by atoms with van der Waals surface area (Å²) in [6, 6.07) is 10.8. The number of aryl methyl sites for hydroxylation is 2. The van der Waals surface area contributed by atoms with E-state index in [-0.39, 0.29) is 60.9 Å². The molecule has 2 aromatic carbocycles. The third-order valence-electron chi connectivity index (χ3n) is 10.4. The van der Waals surface area contributed by atoms with Gasteiger partial charge < -0.3 is 19.4 Å². The van der Waals surface area contributed by atoms with Gasteiger partial charge in [0.05, 0.1) is 28.8 Å². The minimum absolute atomic E-state index is 0.0197. The number of nitrogens with zero attached hydrogens (tertiary/aromatic N) is 5. The Hall–Kier alpha value is -5.84. The summed E-state index contributed by atoms with van der Waals surface area (Å²) in [6.07, 6.45) is -1.78. The molecule has 2 aromatic heterocycles. The third-order valence-corrected chi connectivity index (χ3v) is 10.4. The van der Waals surface area contributed by atoms with Crippen LogP contribution in [-0.2, 0) is 32.7 Å². The smallest absolute Gasteiger partial charge is 0.385 e. The van der Waals surface area contributed by atoms with Crippen molar-refractivity contribution < 1.29 is 41.9 Å². The maximum atomic E-state index is 13.2. The van der Waals surface area contributed by atoms with Gasteiger partial charge in [-0.25, -0.2) is 4.98 Å². The molecule has 3 aliphatic heterocycles. The van der Waals surface area contributed by atoms with Crippen LogP contribution in [-0.4, -0.2) is 92.1 Å². The molecule has 2 N–H and O–H groups in total. The number of hydrogen-bond donors (Lipinski definition) is 2. The van der Waals surface area contributed by atoms with E-state index in [4.69, 9.17) is 4.98 Å². The number of likely N-dealkylation sites (tertiary alicyclic amines) is 1. The number of nitrogens with one attached hydrogen (secondary N) is 2. The minimum Gasteiger partial charge on any atom is -0.385 e. The van der Waals surface area contributed by atoms with Crippen molar-refractivity contribution in [2.75, 3.05) is 31.6 Å². The van der Waals surface area contributed by atoms with Gasteiger partial charge in [-0.3, -0.25) is 43.7 Å². The Labute approximate surface area is 312 Å². The summed E-state index contributed by atoms with van der Waals surface area (Å²) in [5.74, 6) is -2.00. The van der Waals surface area contributed by atoms with Gasteiger partial charge >= 0.3 is 6.36 Å². The highest BCUT2D eigenvalue weighted by Gasteiger charge is 2.44. The van der Waals surface area contributed by atoms with Gasteiger partial charge in [0.1, 0.15) is 11.9 Å². The average Bonchev–Trinajstić information content (AvgIpc) is 3.62. The number of imide groups is 2. The van der Waals surface area contributed by atoms with Gasteiger partial charge in [0, 0.05) is 69.4 Å². The maximum absolute atomic E-state index is 13.2. The van der Waals surface area contributed by atoms with E-state index in [1.807, 2.05) is 18.2 Å². The summed E-state index contributed by atoms with van der Waals surface area (Å²) in [5, 5.41) is 5.29. The lowest BCUT2D eigenvalue weighted by Gasteiger charge is -2.32. The predicted octanol–water partition coefficient (Wildman–Crippen LogP) is 3.86. The molecule has 5 heterocycles. The van der Waals surface area contributed by atoms with Crippen molar-refractivity contribution in [3.63, 3.8) is 0 Å². The molecule has 5 amide bonds. The second-order valence-electron chi connectivity index (χ2n) is 14.0. The van der Waals surface area contributed by atoms with E-state index in [1.165, 1.54) is 16.7 Å². The first-order chi connectivity index (χ1) is 26.2. The highest BCUT2D eigenvalue weighted by Crippen LogP contribution is 2.34. The quantitative estimate of drug-likeness (QED) is 0.229. The molecule has 1 unspecified atom stereocenters. The lowest BCUT2D eigenvalue weighted by atomic mass is 9.95. The molecule has 17 heteroatoms. The van der Waals surface area contributed by atoms with Crippen LogP contribution in [0.5, 0.6) is 0 Å². The fourth-order valence-corrected chi connectivity index (χ4v) is 7.60. The standard InChI is InChI=1S/C38H38F3N7O7/c1-21-17-24(20-45(2)35(21)52)23-3-6-28-30(18-23)47(15-16-55-38(39,40)41)33(43-28)22-10-13-46(14-11-22)32(50)9-12-42-25-4-5-26-27(19-25)37(54)48(36(26)53)29-7-8-31(49)44-34(29)51/h3-6,17-20,22,29,42H,7-16H2,1-2H3,(H,44,49,51). The van der Waals surface area contributed by atoms with Crippen LogP contribution in [0.1, 0.15) is 70.1 Å². The fraction of sp³-hybridized carbons (Fsp3) is 0.395. The second kappa shape index (κ2) is 14.8. The Bertz CT molecular complexity index is 2270. The van der Waals surface area contributed by atoms with Crippen LogP contribution in [0, 0.1) is 6.92 Å². The number of fused-ring (bicyclic) bond motifs is 2. The number of carbonyl (C=O) groups is 5. The molecule has 4 aromatic rings. The molecule has 1 atom stereocenters. The number of pyridine rings is 1. The molecule has 55 heavy (non-hydrogen) atoms. The molecule has 0 spiro atoms. The third kappa shape index (κ3) is 7.61. The SMILES string of the molecule is Cc1cc(-c2ccc3nc(C4CCN(C(=O)CCNc5ccc6c(c5)C(=O)N(C5CCC(=O)NC5=O)C6=O)CC4)n(CCOC(F)(F)F)c3c2)cn(C)c1=O. The van der Waals surface area contributed by atoms with Crippen molar-refractivity contribution in [1.82, 2.24) is 29.2 Å². The van der Waals surface area contributed by atoms with Crippen molar-refractivity contribution in [2.24, 2.45) is 7.05 Å². The van der Waals surface area contributed by atoms with Crippen molar-refractivity contribution in [3.05, 3.63) is 81.5 Å². The van der Waals surface area contributed by atoms with Gasteiger partial charge in [-0.15, -0.1) is 13.2 Å². The highest BCUT2D eigenvalue weighted by atomic mass is 19.4. The van der Waals surface area contributed by atoms with Gasteiger partial charge in [-0.2, -0.15) is 0 Å². The van der Waals surface area contributed by atoms with Crippen LogP contribution >= 0.6 is 0 Å². The number of ether oxygens (including phenoxy) is 1. The molecule has 14 nitrogen and oxygen atoms in total. The van der Waals surface area contributed by atoms with E-state index in [0.717, 1.165) is 16.0 Å². The van der Waals surface area contributed by atoms with Crippen LogP contribution in [0.4, 0.5) is 18.9 Å². The van der Waals surface area contributed by atoms with Crippen molar-refractivity contribution in [2.45, 2.75) is 63.9 Å².